The molecule has 1 heterocycles. The molecule has 0 aliphatic rings. The zero-order valence-electron chi connectivity index (χ0n) is 15.0. The Balaban J connectivity index is 2.03. The molecule has 0 fully saturated rings. The Morgan fingerprint density at radius 3 is 2.80 bits per heavy atom. The average molecular weight is 344 g/mol. The fourth-order valence-corrected chi connectivity index (χ4v) is 2.09. The molecule has 0 unspecified atom stereocenters. The van der Waals surface area contributed by atoms with Gasteiger partial charge in [-0.2, -0.15) is 5.10 Å². The monoisotopic (exact) mass is 344 g/mol. The molecule has 0 bridgehead atoms. The number of methoxy groups -OCH3 is 1. The largest absolute Gasteiger partial charge is 0.493 e. The third-order valence-electron chi connectivity index (χ3n) is 3.39. The predicted molar refractivity (Wildman–Crippen MR) is 98.8 cm³/mol. The third kappa shape index (κ3) is 5.95. The number of hydrazone groups is 1. The van der Waals surface area contributed by atoms with E-state index in [1.165, 1.54) is 6.07 Å². The van der Waals surface area contributed by atoms with E-state index in [9.17, 15) is 4.79 Å². The van der Waals surface area contributed by atoms with Crippen molar-refractivity contribution in [1.82, 2.24) is 9.97 Å². The van der Waals surface area contributed by atoms with E-state index in [1.54, 1.807) is 20.2 Å². The van der Waals surface area contributed by atoms with Crippen LogP contribution in [0.3, 0.4) is 0 Å². The number of aromatic amines is 1. The zero-order chi connectivity index (χ0) is 18.2. The first-order valence-electron chi connectivity index (χ1n) is 8.16. The maximum Gasteiger partial charge on any atom is 0.252 e. The first-order valence-corrected chi connectivity index (χ1v) is 8.16. The number of aryl methyl sites for hydroxylation is 1. The molecule has 7 heteroatoms. The quantitative estimate of drug-likeness (QED) is 0.568. The second-order valence-electron chi connectivity index (χ2n) is 6.05. The molecule has 0 atom stereocenters. The smallest absolute Gasteiger partial charge is 0.252 e. The van der Waals surface area contributed by atoms with E-state index in [-0.39, 0.29) is 5.56 Å². The molecule has 2 aromatic rings. The van der Waals surface area contributed by atoms with Gasteiger partial charge < -0.3 is 9.47 Å². The minimum absolute atomic E-state index is 0.227. The summed E-state index contributed by atoms with van der Waals surface area (Å²) in [6, 6.07) is 6.98. The summed E-state index contributed by atoms with van der Waals surface area (Å²) in [4.78, 5) is 18.1. The lowest BCUT2D eigenvalue weighted by Crippen LogP contribution is -2.10. The first kappa shape index (κ1) is 18.5. The van der Waals surface area contributed by atoms with Crippen LogP contribution in [-0.4, -0.2) is 29.9 Å². The molecule has 1 aromatic heterocycles. The van der Waals surface area contributed by atoms with Gasteiger partial charge in [0.2, 0.25) is 5.95 Å². The number of aromatic nitrogens is 2. The highest BCUT2D eigenvalue weighted by atomic mass is 16.5. The molecule has 0 spiro atoms. The van der Waals surface area contributed by atoms with Crippen LogP contribution in [-0.2, 0) is 0 Å². The fraction of sp³-hybridized carbons (Fsp3) is 0.389. The molecule has 7 nitrogen and oxygen atoms in total. The normalized spacial score (nSPS) is 11.1. The van der Waals surface area contributed by atoms with Crippen molar-refractivity contribution in [3.8, 4) is 11.5 Å². The number of benzene rings is 1. The lowest BCUT2D eigenvalue weighted by Gasteiger charge is -2.12. The van der Waals surface area contributed by atoms with E-state index in [4.69, 9.17) is 9.47 Å². The van der Waals surface area contributed by atoms with Gasteiger partial charge in [-0.15, -0.1) is 0 Å². The Bertz CT molecular complexity index is 784. The average Bonchev–Trinajstić information content (AvgIpc) is 2.54. The van der Waals surface area contributed by atoms with Gasteiger partial charge in [0.25, 0.3) is 5.56 Å². The Kier molecular flexibility index (Phi) is 6.56. The number of ether oxygens (including phenoxy) is 2. The number of H-pyrrole nitrogens is 1. The van der Waals surface area contributed by atoms with Crippen LogP contribution >= 0.6 is 0 Å². The van der Waals surface area contributed by atoms with Crippen molar-refractivity contribution >= 4 is 12.2 Å². The van der Waals surface area contributed by atoms with Crippen LogP contribution < -0.4 is 20.5 Å². The summed E-state index contributed by atoms with van der Waals surface area (Å²) in [6.07, 6.45) is 2.60. The van der Waals surface area contributed by atoms with Crippen molar-refractivity contribution in [2.75, 3.05) is 19.1 Å². The molecule has 2 N–H and O–H groups in total. The van der Waals surface area contributed by atoms with Gasteiger partial charge in [0, 0.05) is 11.8 Å². The first-order chi connectivity index (χ1) is 12.0. The SMILES string of the molecule is COc1cc(C=NNc2nc(C)cc(=O)[nH]2)ccc1OCCC(C)C. The second kappa shape index (κ2) is 8.86. The summed E-state index contributed by atoms with van der Waals surface area (Å²) < 4.78 is 11.1. The fourth-order valence-electron chi connectivity index (χ4n) is 2.09. The molecule has 0 radical (unpaired) electrons. The van der Waals surface area contributed by atoms with E-state index in [0.717, 1.165) is 12.0 Å². The maximum absolute atomic E-state index is 11.4. The minimum atomic E-state index is -0.227. The third-order valence-corrected chi connectivity index (χ3v) is 3.39. The summed E-state index contributed by atoms with van der Waals surface area (Å²) in [5.74, 6) is 2.24. The summed E-state index contributed by atoms with van der Waals surface area (Å²) in [7, 11) is 1.60. The minimum Gasteiger partial charge on any atom is -0.493 e. The number of nitrogens with one attached hydrogen (secondary N) is 2. The number of hydrogen-bond donors (Lipinski definition) is 2. The van der Waals surface area contributed by atoms with Crippen LogP contribution in [0.2, 0.25) is 0 Å². The van der Waals surface area contributed by atoms with Crippen LogP contribution in [0.1, 0.15) is 31.5 Å². The number of rotatable bonds is 8. The van der Waals surface area contributed by atoms with Crippen LogP contribution in [0, 0.1) is 12.8 Å². The summed E-state index contributed by atoms with van der Waals surface area (Å²) in [5, 5.41) is 4.08. The molecular formula is C18H24N4O3. The predicted octanol–water partition coefficient (Wildman–Crippen LogP) is 2.96. The summed E-state index contributed by atoms with van der Waals surface area (Å²) in [6.45, 7) is 6.70. The number of anilines is 1. The highest BCUT2D eigenvalue weighted by molar-refractivity contribution is 5.81. The highest BCUT2D eigenvalue weighted by Gasteiger charge is 2.05. The Hall–Kier alpha value is -2.83. The lowest BCUT2D eigenvalue weighted by molar-refractivity contribution is 0.273. The van der Waals surface area contributed by atoms with E-state index >= 15 is 0 Å². The van der Waals surface area contributed by atoms with Crippen LogP contribution in [0.5, 0.6) is 11.5 Å². The van der Waals surface area contributed by atoms with Gasteiger partial charge in [0.05, 0.1) is 19.9 Å². The second-order valence-corrected chi connectivity index (χ2v) is 6.05. The highest BCUT2D eigenvalue weighted by Crippen LogP contribution is 2.27. The lowest BCUT2D eigenvalue weighted by atomic mass is 10.1. The molecule has 0 saturated heterocycles. The van der Waals surface area contributed by atoms with Crippen LogP contribution in [0.15, 0.2) is 34.2 Å². The van der Waals surface area contributed by atoms with Crippen molar-refractivity contribution in [3.05, 3.63) is 45.9 Å². The van der Waals surface area contributed by atoms with Gasteiger partial charge >= 0.3 is 0 Å². The molecule has 0 amide bonds. The van der Waals surface area contributed by atoms with Gasteiger partial charge in [-0.25, -0.2) is 10.4 Å². The molecule has 0 saturated carbocycles. The molecule has 0 aliphatic carbocycles. The van der Waals surface area contributed by atoms with Crippen LogP contribution in [0.25, 0.3) is 0 Å². The van der Waals surface area contributed by atoms with Crippen molar-refractivity contribution in [3.63, 3.8) is 0 Å². The molecule has 0 aliphatic heterocycles. The zero-order valence-corrected chi connectivity index (χ0v) is 15.0. The van der Waals surface area contributed by atoms with Crippen molar-refractivity contribution in [2.24, 2.45) is 11.0 Å². The van der Waals surface area contributed by atoms with E-state index in [0.29, 0.717) is 35.7 Å². The maximum atomic E-state index is 11.4. The van der Waals surface area contributed by atoms with E-state index in [2.05, 4.69) is 34.3 Å². The number of hydrogen-bond acceptors (Lipinski definition) is 6. The summed E-state index contributed by atoms with van der Waals surface area (Å²) in [5.41, 5.74) is 3.92. The van der Waals surface area contributed by atoms with E-state index < -0.39 is 0 Å². The van der Waals surface area contributed by atoms with Gasteiger partial charge in [-0.3, -0.25) is 9.78 Å². The van der Waals surface area contributed by atoms with Gasteiger partial charge in [0.1, 0.15) is 0 Å². The topological polar surface area (TPSA) is 88.6 Å². The molecule has 134 valence electrons. The van der Waals surface area contributed by atoms with Crippen molar-refractivity contribution in [2.45, 2.75) is 27.2 Å². The van der Waals surface area contributed by atoms with Gasteiger partial charge in [-0.05, 0) is 43.0 Å². The van der Waals surface area contributed by atoms with Crippen molar-refractivity contribution < 1.29 is 9.47 Å². The Morgan fingerprint density at radius 2 is 2.12 bits per heavy atom. The van der Waals surface area contributed by atoms with Gasteiger partial charge in [0.15, 0.2) is 11.5 Å². The van der Waals surface area contributed by atoms with Crippen LogP contribution in [0.4, 0.5) is 5.95 Å². The molecule has 2 rings (SSSR count). The number of nitrogens with zero attached hydrogens (tertiary/aromatic N) is 2. The molecular weight excluding hydrogens is 320 g/mol. The Labute approximate surface area is 147 Å². The molecule has 1 aromatic carbocycles. The standard InChI is InChI=1S/C18H24N4O3/c1-12(2)7-8-25-15-6-5-14(10-16(15)24-4)11-19-22-18-20-13(3)9-17(23)21-18/h5-6,9-12H,7-8H2,1-4H3,(H2,20,21,22,23). The van der Waals surface area contributed by atoms with Crippen molar-refractivity contribution in [1.29, 1.82) is 0 Å². The van der Waals surface area contributed by atoms with Gasteiger partial charge in [-0.1, -0.05) is 13.8 Å². The molecule has 25 heavy (non-hydrogen) atoms. The Morgan fingerprint density at radius 1 is 1.32 bits per heavy atom. The summed E-state index contributed by atoms with van der Waals surface area (Å²) >= 11 is 0. The van der Waals surface area contributed by atoms with E-state index in [1.807, 2.05) is 18.2 Å².